The van der Waals surface area contributed by atoms with Gasteiger partial charge in [-0.2, -0.15) is 0 Å². The van der Waals surface area contributed by atoms with E-state index >= 15 is 0 Å². The third kappa shape index (κ3) is 5.39. The molecule has 0 spiro atoms. The summed E-state index contributed by atoms with van der Waals surface area (Å²) < 4.78 is 0. The van der Waals surface area contributed by atoms with Crippen molar-refractivity contribution in [2.75, 3.05) is 19.6 Å². The Bertz CT molecular complexity index is 181. The second kappa shape index (κ2) is 8.10. The summed E-state index contributed by atoms with van der Waals surface area (Å²) in [5, 5.41) is 0. The first-order valence-corrected chi connectivity index (χ1v) is 7.61. The van der Waals surface area contributed by atoms with Crippen LogP contribution in [0.15, 0.2) is 0 Å². The number of hydrogen-bond donors (Lipinski definition) is 1. The summed E-state index contributed by atoms with van der Waals surface area (Å²) in [6, 6.07) is 0.868. The maximum absolute atomic E-state index is 5.81. The van der Waals surface area contributed by atoms with Crippen LogP contribution in [-0.4, -0.2) is 30.6 Å². The molecule has 1 fully saturated rings. The minimum atomic E-state index is 0.728. The van der Waals surface area contributed by atoms with Gasteiger partial charge in [0.25, 0.3) is 0 Å². The van der Waals surface area contributed by atoms with Crippen molar-refractivity contribution < 1.29 is 0 Å². The molecule has 0 aromatic rings. The van der Waals surface area contributed by atoms with Gasteiger partial charge in [-0.15, -0.1) is 0 Å². The molecule has 102 valence electrons. The number of hydrogen-bond acceptors (Lipinski definition) is 2. The van der Waals surface area contributed by atoms with Crippen LogP contribution < -0.4 is 5.73 Å². The fourth-order valence-electron chi connectivity index (χ4n) is 3.00. The van der Waals surface area contributed by atoms with E-state index in [0.29, 0.717) is 0 Å². The predicted molar refractivity (Wildman–Crippen MR) is 76.1 cm³/mol. The Labute approximate surface area is 108 Å². The van der Waals surface area contributed by atoms with E-state index < -0.39 is 0 Å². The quantitative estimate of drug-likeness (QED) is 0.705. The van der Waals surface area contributed by atoms with Crippen LogP contribution in [0.5, 0.6) is 0 Å². The molecule has 1 atom stereocenters. The van der Waals surface area contributed by atoms with E-state index in [0.717, 1.165) is 24.4 Å². The summed E-state index contributed by atoms with van der Waals surface area (Å²) in [7, 11) is 0. The highest BCUT2D eigenvalue weighted by atomic mass is 15.2. The highest BCUT2D eigenvalue weighted by Crippen LogP contribution is 2.25. The first-order valence-electron chi connectivity index (χ1n) is 7.61. The van der Waals surface area contributed by atoms with Gasteiger partial charge in [0.1, 0.15) is 0 Å². The largest absolute Gasteiger partial charge is 0.330 e. The Morgan fingerprint density at radius 2 is 1.88 bits per heavy atom. The second-order valence-electron chi connectivity index (χ2n) is 6.13. The molecular weight excluding hydrogens is 208 g/mol. The first kappa shape index (κ1) is 15.0. The minimum absolute atomic E-state index is 0.728. The molecule has 1 unspecified atom stereocenters. The van der Waals surface area contributed by atoms with Gasteiger partial charge < -0.3 is 10.6 Å². The molecule has 0 radical (unpaired) electrons. The minimum Gasteiger partial charge on any atom is -0.330 e. The Morgan fingerprint density at radius 1 is 1.24 bits per heavy atom. The Morgan fingerprint density at radius 3 is 2.35 bits per heavy atom. The zero-order valence-electron chi connectivity index (χ0n) is 12.1. The molecule has 17 heavy (non-hydrogen) atoms. The maximum Gasteiger partial charge on any atom is 0.00953 e. The molecule has 2 N–H and O–H groups in total. The van der Waals surface area contributed by atoms with E-state index in [4.69, 9.17) is 5.73 Å². The lowest BCUT2D eigenvalue weighted by Gasteiger charge is -2.31. The topological polar surface area (TPSA) is 29.3 Å². The fourth-order valence-corrected chi connectivity index (χ4v) is 3.00. The van der Waals surface area contributed by atoms with E-state index in [-0.39, 0.29) is 0 Å². The Hall–Kier alpha value is -0.0800. The summed E-state index contributed by atoms with van der Waals surface area (Å²) in [5.74, 6) is 1.51. The van der Waals surface area contributed by atoms with Crippen molar-refractivity contribution >= 4 is 0 Å². The smallest absolute Gasteiger partial charge is 0.00953 e. The van der Waals surface area contributed by atoms with Gasteiger partial charge in [-0.25, -0.2) is 0 Å². The molecule has 0 heterocycles. The van der Waals surface area contributed by atoms with Crippen molar-refractivity contribution in [2.24, 2.45) is 17.6 Å². The number of rotatable bonds is 8. The highest BCUT2D eigenvalue weighted by Gasteiger charge is 2.23. The van der Waals surface area contributed by atoms with Crippen molar-refractivity contribution in [1.29, 1.82) is 0 Å². The summed E-state index contributed by atoms with van der Waals surface area (Å²) in [6.45, 7) is 10.3. The molecular formula is C15H32N2. The van der Waals surface area contributed by atoms with E-state index in [9.17, 15) is 0 Å². The Balaban J connectivity index is 2.39. The van der Waals surface area contributed by atoms with Crippen LogP contribution in [0.3, 0.4) is 0 Å². The third-order valence-electron chi connectivity index (χ3n) is 4.18. The molecule has 1 saturated carbocycles. The van der Waals surface area contributed by atoms with Crippen molar-refractivity contribution in [1.82, 2.24) is 4.90 Å². The van der Waals surface area contributed by atoms with Gasteiger partial charge in [-0.05, 0) is 44.2 Å². The average Bonchev–Trinajstić information content (AvgIpc) is 2.81. The highest BCUT2D eigenvalue weighted by molar-refractivity contribution is 4.78. The number of nitrogens with two attached hydrogens (primary N) is 1. The normalized spacial score (nSPS) is 19.4. The molecule has 0 amide bonds. The van der Waals surface area contributed by atoms with E-state index in [1.165, 1.54) is 51.6 Å². The summed E-state index contributed by atoms with van der Waals surface area (Å²) in [4.78, 5) is 2.75. The van der Waals surface area contributed by atoms with Crippen LogP contribution in [0.25, 0.3) is 0 Å². The fraction of sp³-hybridized carbons (Fsp3) is 1.00. The molecule has 2 nitrogen and oxygen atoms in total. The lowest BCUT2D eigenvalue weighted by molar-refractivity contribution is 0.165. The van der Waals surface area contributed by atoms with Gasteiger partial charge in [-0.1, -0.05) is 40.0 Å². The lowest BCUT2D eigenvalue weighted by Crippen LogP contribution is -2.38. The SMILES string of the molecule is CCC(CN)CCN(CC(C)C)C1CCCC1. The molecule has 1 aliphatic rings. The second-order valence-corrected chi connectivity index (χ2v) is 6.13. The molecule has 2 heteroatoms. The zero-order valence-corrected chi connectivity index (χ0v) is 12.1. The first-order chi connectivity index (χ1) is 8.17. The molecule has 0 bridgehead atoms. The monoisotopic (exact) mass is 240 g/mol. The third-order valence-corrected chi connectivity index (χ3v) is 4.18. The Kier molecular flexibility index (Phi) is 7.14. The van der Waals surface area contributed by atoms with Crippen molar-refractivity contribution in [2.45, 2.75) is 65.3 Å². The summed E-state index contributed by atoms with van der Waals surface area (Å²) in [6.07, 6.45) is 8.24. The van der Waals surface area contributed by atoms with E-state index in [2.05, 4.69) is 25.7 Å². The van der Waals surface area contributed by atoms with Gasteiger partial charge in [0.05, 0.1) is 0 Å². The molecule has 0 aliphatic heterocycles. The van der Waals surface area contributed by atoms with Crippen molar-refractivity contribution in [3.05, 3.63) is 0 Å². The molecule has 1 aliphatic carbocycles. The van der Waals surface area contributed by atoms with Crippen LogP contribution in [0, 0.1) is 11.8 Å². The lowest BCUT2D eigenvalue weighted by atomic mass is 10.0. The van der Waals surface area contributed by atoms with E-state index in [1.54, 1.807) is 0 Å². The van der Waals surface area contributed by atoms with Gasteiger partial charge in [0.2, 0.25) is 0 Å². The average molecular weight is 240 g/mol. The van der Waals surface area contributed by atoms with Crippen LogP contribution in [0.2, 0.25) is 0 Å². The van der Waals surface area contributed by atoms with Crippen molar-refractivity contribution in [3.63, 3.8) is 0 Å². The number of nitrogens with zero attached hydrogens (tertiary/aromatic N) is 1. The summed E-state index contributed by atoms with van der Waals surface area (Å²) >= 11 is 0. The van der Waals surface area contributed by atoms with Gasteiger partial charge in [0.15, 0.2) is 0 Å². The van der Waals surface area contributed by atoms with Gasteiger partial charge in [0, 0.05) is 12.6 Å². The van der Waals surface area contributed by atoms with Crippen LogP contribution in [-0.2, 0) is 0 Å². The molecule has 0 aromatic heterocycles. The van der Waals surface area contributed by atoms with E-state index in [1.807, 2.05) is 0 Å². The zero-order chi connectivity index (χ0) is 12.7. The van der Waals surface area contributed by atoms with Crippen LogP contribution in [0.4, 0.5) is 0 Å². The predicted octanol–water partition coefficient (Wildman–Crippen LogP) is 3.26. The molecule has 0 aromatic carbocycles. The standard InChI is InChI=1S/C15H32N2/c1-4-14(11-16)9-10-17(12-13(2)3)15-7-5-6-8-15/h13-15H,4-12,16H2,1-3H3. The molecule has 1 rings (SSSR count). The molecule has 0 saturated heterocycles. The summed E-state index contributed by atoms with van der Waals surface area (Å²) in [5.41, 5.74) is 5.81. The van der Waals surface area contributed by atoms with Crippen LogP contribution in [0.1, 0.15) is 59.3 Å². The van der Waals surface area contributed by atoms with Crippen molar-refractivity contribution in [3.8, 4) is 0 Å². The van der Waals surface area contributed by atoms with Gasteiger partial charge in [-0.3, -0.25) is 0 Å². The van der Waals surface area contributed by atoms with Gasteiger partial charge >= 0.3 is 0 Å². The van der Waals surface area contributed by atoms with Crippen LogP contribution >= 0.6 is 0 Å². The maximum atomic E-state index is 5.81.